The van der Waals surface area contributed by atoms with Gasteiger partial charge in [0.1, 0.15) is 12.4 Å². The molecule has 2 N–H and O–H groups in total. The molecule has 1 aromatic rings. The van der Waals surface area contributed by atoms with Crippen molar-refractivity contribution in [2.24, 2.45) is 5.92 Å². The molecule has 178 valence electrons. The van der Waals surface area contributed by atoms with Gasteiger partial charge in [-0.3, -0.25) is 9.59 Å². The maximum Gasteiger partial charge on any atom is 0.317 e. The van der Waals surface area contributed by atoms with Crippen LogP contribution in [0.2, 0.25) is 0 Å². The quantitative estimate of drug-likeness (QED) is 0.737. The summed E-state index contributed by atoms with van der Waals surface area (Å²) in [5.74, 6) is -0.0725. The molecule has 9 heteroatoms. The van der Waals surface area contributed by atoms with Gasteiger partial charge >= 0.3 is 6.03 Å². The van der Waals surface area contributed by atoms with E-state index in [2.05, 4.69) is 10.6 Å². The fraction of sp³-hybridized carbons (Fsp3) is 0.609. The number of hydrogen-bond donors (Lipinski definition) is 2. The fourth-order valence-electron chi connectivity index (χ4n) is 3.67. The Morgan fingerprint density at radius 2 is 1.97 bits per heavy atom. The van der Waals surface area contributed by atoms with Gasteiger partial charge in [-0.1, -0.05) is 13.8 Å². The van der Waals surface area contributed by atoms with Crippen LogP contribution in [0.3, 0.4) is 0 Å². The predicted octanol–water partition coefficient (Wildman–Crippen LogP) is 2.57. The molecule has 0 aliphatic carbocycles. The number of carbonyl (C=O) groups excluding carboxylic acids is 3. The molecule has 0 aromatic heterocycles. The number of likely N-dealkylation sites (N-methyl/N-ethyl adjacent to an activating group) is 1. The number of carbonyl (C=O) groups is 3. The number of methoxy groups -OCH3 is 1. The number of ether oxygens (including phenoxy) is 2. The third-order valence-electron chi connectivity index (χ3n) is 5.55. The van der Waals surface area contributed by atoms with Crippen molar-refractivity contribution in [1.82, 2.24) is 15.1 Å². The summed E-state index contributed by atoms with van der Waals surface area (Å²) in [6, 6.07) is 4.59. The molecule has 0 radical (unpaired) electrons. The van der Waals surface area contributed by atoms with Gasteiger partial charge in [0.2, 0.25) is 5.91 Å². The number of urea groups is 1. The second kappa shape index (κ2) is 11.7. The molecule has 0 unspecified atom stereocenters. The van der Waals surface area contributed by atoms with Crippen LogP contribution in [0.4, 0.5) is 10.5 Å². The van der Waals surface area contributed by atoms with E-state index in [0.717, 1.165) is 6.42 Å². The predicted molar refractivity (Wildman–Crippen MR) is 123 cm³/mol. The number of hydrogen-bond acceptors (Lipinski definition) is 5. The van der Waals surface area contributed by atoms with Crippen molar-refractivity contribution in [2.45, 2.75) is 46.3 Å². The van der Waals surface area contributed by atoms with E-state index in [9.17, 15) is 14.4 Å². The molecule has 3 atom stereocenters. The molecule has 0 saturated heterocycles. The zero-order chi connectivity index (χ0) is 23.8. The Bertz CT molecular complexity index is 816. The average Bonchev–Trinajstić information content (AvgIpc) is 2.76. The number of nitrogens with zero attached hydrogens (tertiary/aromatic N) is 2. The summed E-state index contributed by atoms with van der Waals surface area (Å²) in [7, 11) is 3.32. The van der Waals surface area contributed by atoms with E-state index >= 15 is 0 Å². The Labute approximate surface area is 190 Å². The van der Waals surface area contributed by atoms with Crippen LogP contribution in [0, 0.1) is 5.92 Å². The lowest BCUT2D eigenvalue weighted by Gasteiger charge is -2.36. The highest BCUT2D eigenvalue weighted by Gasteiger charge is 2.30. The molecule has 1 aliphatic rings. The molecule has 9 nitrogen and oxygen atoms in total. The summed E-state index contributed by atoms with van der Waals surface area (Å²) in [6.07, 6.45) is 0.581. The topological polar surface area (TPSA) is 100 Å². The van der Waals surface area contributed by atoms with Crippen molar-refractivity contribution in [3.05, 3.63) is 23.8 Å². The molecule has 2 rings (SSSR count). The number of benzene rings is 1. The highest BCUT2D eigenvalue weighted by atomic mass is 16.5. The number of nitrogens with one attached hydrogen (secondary N) is 2. The Morgan fingerprint density at radius 3 is 2.59 bits per heavy atom. The van der Waals surface area contributed by atoms with Gasteiger partial charge in [-0.15, -0.1) is 0 Å². The molecular formula is C23H36N4O5. The largest absolute Gasteiger partial charge is 0.491 e. The number of anilines is 1. The number of amides is 4. The van der Waals surface area contributed by atoms with Gasteiger partial charge in [-0.05, 0) is 31.5 Å². The average molecular weight is 449 g/mol. The minimum atomic E-state index is -0.264. The standard InChI is InChI=1S/C23H36N4O5/c1-7-10-24-23(30)27-12-15(2)21(31-6)13-26(5)22(29)19-11-18(25-17(4)28)8-9-20(19)32-14-16(27)3/h8-9,11,15-16,21H,7,10,12-14H2,1-6H3,(H,24,30)(H,25,28)/t15-,16+,21+/m1/s1. The van der Waals surface area contributed by atoms with Crippen molar-refractivity contribution in [3.8, 4) is 5.75 Å². The van der Waals surface area contributed by atoms with E-state index in [1.54, 1.807) is 42.2 Å². The molecule has 0 fully saturated rings. The first-order chi connectivity index (χ1) is 15.2. The molecule has 0 saturated carbocycles. The smallest absolute Gasteiger partial charge is 0.317 e. The van der Waals surface area contributed by atoms with Crippen LogP contribution in [-0.2, 0) is 9.53 Å². The summed E-state index contributed by atoms with van der Waals surface area (Å²) >= 11 is 0. The second-order valence-corrected chi connectivity index (χ2v) is 8.37. The monoisotopic (exact) mass is 448 g/mol. The molecule has 1 aromatic carbocycles. The van der Waals surface area contributed by atoms with Crippen molar-refractivity contribution >= 4 is 23.5 Å². The third kappa shape index (κ3) is 6.59. The summed E-state index contributed by atoms with van der Waals surface area (Å²) < 4.78 is 11.7. The van der Waals surface area contributed by atoms with Crippen LogP contribution >= 0.6 is 0 Å². The first-order valence-corrected chi connectivity index (χ1v) is 11.0. The SMILES string of the molecule is CCCNC(=O)N1C[C@@H](C)[C@@H](OC)CN(C)C(=O)c2cc(NC(C)=O)ccc2OC[C@@H]1C. The first-order valence-electron chi connectivity index (χ1n) is 11.0. The highest BCUT2D eigenvalue weighted by molar-refractivity contribution is 5.99. The zero-order valence-electron chi connectivity index (χ0n) is 19.9. The van der Waals surface area contributed by atoms with E-state index in [4.69, 9.17) is 9.47 Å². The lowest BCUT2D eigenvalue weighted by atomic mass is 10.0. The summed E-state index contributed by atoms with van der Waals surface area (Å²) in [4.78, 5) is 40.9. The Kier molecular flexibility index (Phi) is 9.31. The minimum absolute atomic E-state index is 0.0188. The molecule has 4 amide bonds. The minimum Gasteiger partial charge on any atom is -0.491 e. The van der Waals surface area contributed by atoms with Gasteiger partial charge in [0.05, 0.1) is 17.7 Å². The van der Waals surface area contributed by atoms with Gasteiger partial charge in [0.25, 0.3) is 5.91 Å². The van der Waals surface area contributed by atoms with Crippen LogP contribution in [0.5, 0.6) is 5.75 Å². The van der Waals surface area contributed by atoms with Crippen LogP contribution in [-0.4, -0.2) is 80.2 Å². The summed E-state index contributed by atoms with van der Waals surface area (Å²) in [5, 5.41) is 5.65. The van der Waals surface area contributed by atoms with E-state index in [-0.39, 0.29) is 42.5 Å². The Hall–Kier alpha value is -2.81. The van der Waals surface area contributed by atoms with Gasteiger partial charge in [-0.25, -0.2) is 4.79 Å². The van der Waals surface area contributed by atoms with Crippen LogP contribution in [0.1, 0.15) is 44.5 Å². The molecule has 1 heterocycles. The number of fused-ring (bicyclic) bond motifs is 1. The maximum atomic E-state index is 13.2. The summed E-state index contributed by atoms with van der Waals surface area (Å²) in [5.41, 5.74) is 0.856. The molecule has 0 bridgehead atoms. The van der Waals surface area contributed by atoms with Crippen LogP contribution < -0.4 is 15.4 Å². The molecule has 1 aliphatic heterocycles. The third-order valence-corrected chi connectivity index (χ3v) is 5.55. The van der Waals surface area contributed by atoms with Gasteiger partial charge in [0, 0.05) is 52.3 Å². The van der Waals surface area contributed by atoms with Crippen LogP contribution in [0.15, 0.2) is 18.2 Å². The fourth-order valence-corrected chi connectivity index (χ4v) is 3.67. The lowest BCUT2D eigenvalue weighted by Crippen LogP contribution is -2.51. The lowest BCUT2D eigenvalue weighted by molar-refractivity contribution is -0.114. The van der Waals surface area contributed by atoms with E-state index < -0.39 is 0 Å². The first kappa shape index (κ1) is 25.5. The summed E-state index contributed by atoms with van der Waals surface area (Å²) in [6.45, 7) is 8.97. The van der Waals surface area contributed by atoms with E-state index in [0.29, 0.717) is 36.6 Å². The van der Waals surface area contributed by atoms with Crippen molar-refractivity contribution in [3.63, 3.8) is 0 Å². The van der Waals surface area contributed by atoms with Crippen molar-refractivity contribution in [2.75, 3.05) is 45.7 Å². The normalized spacial score (nSPS) is 22.2. The second-order valence-electron chi connectivity index (χ2n) is 8.37. The van der Waals surface area contributed by atoms with Gasteiger partial charge < -0.3 is 29.9 Å². The molecular weight excluding hydrogens is 412 g/mol. The highest BCUT2D eigenvalue weighted by Crippen LogP contribution is 2.26. The van der Waals surface area contributed by atoms with Gasteiger partial charge in [-0.2, -0.15) is 0 Å². The van der Waals surface area contributed by atoms with Crippen LogP contribution in [0.25, 0.3) is 0 Å². The molecule has 0 spiro atoms. The van der Waals surface area contributed by atoms with E-state index in [1.807, 2.05) is 20.8 Å². The zero-order valence-corrected chi connectivity index (χ0v) is 19.9. The Balaban J connectivity index is 2.42. The maximum absolute atomic E-state index is 13.2. The van der Waals surface area contributed by atoms with Crippen molar-refractivity contribution < 1.29 is 23.9 Å². The van der Waals surface area contributed by atoms with Crippen molar-refractivity contribution in [1.29, 1.82) is 0 Å². The number of rotatable bonds is 4. The van der Waals surface area contributed by atoms with Gasteiger partial charge in [0.15, 0.2) is 0 Å². The molecule has 32 heavy (non-hydrogen) atoms. The Morgan fingerprint density at radius 1 is 1.25 bits per heavy atom. The van der Waals surface area contributed by atoms with E-state index in [1.165, 1.54) is 6.92 Å².